The van der Waals surface area contributed by atoms with Crippen LogP contribution in [0.25, 0.3) is 10.9 Å². The summed E-state index contributed by atoms with van der Waals surface area (Å²) in [7, 11) is 0. The van der Waals surface area contributed by atoms with Gasteiger partial charge in [0.1, 0.15) is 16.3 Å². The van der Waals surface area contributed by atoms with Gasteiger partial charge in [-0.3, -0.25) is 19.4 Å². The summed E-state index contributed by atoms with van der Waals surface area (Å²) in [4.78, 5) is 46.6. The van der Waals surface area contributed by atoms with E-state index in [1.807, 2.05) is 52.5 Å². The first-order valence-electron chi connectivity index (χ1n) is 13.4. The highest BCUT2D eigenvalue weighted by Crippen LogP contribution is 2.27. The first-order valence-corrected chi connectivity index (χ1v) is 14.3. The number of fused-ring (bicyclic) bond motifs is 1. The van der Waals surface area contributed by atoms with Gasteiger partial charge in [0.25, 0.3) is 16.8 Å². The van der Waals surface area contributed by atoms with Crippen LogP contribution in [-0.4, -0.2) is 27.0 Å². The molecule has 0 aliphatic heterocycles. The van der Waals surface area contributed by atoms with Gasteiger partial charge in [-0.05, 0) is 53.8 Å². The van der Waals surface area contributed by atoms with Gasteiger partial charge in [0.2, 0.25) is 0 Å². The van der Waals surface area contributed by atoms with Crippen LogP contribution in [0.4, 0.5) is 28.4 Å². The summed E-state index contributed by atoms with van der Waals surface area (Å²) in [5.41, 5.74) is 3.26. The molecule has 0 bridgehead atoms. The molecule has 1 amide bonds. The van der Waals surface area contributed by atoms with Gasteiger partial charge in [-0.1, -0.05) is 24.3 Å². The standard InChI is InChI=1S/C31H27N7O3S/c39-28-26(34-11-4-14-38-15-13-32-19-38)27(29(28)40)36-21-5-3-6-22(17-21)37-31(41)30-25(10-16-42-30)35-18-20-9-12-33-24-8-2-1-7-23(20)24/h1-3,5-10,12-13,15-17,19,34-36H,4,11,14,18H2,(H,37,41). The monoisotopic (exact) mass is 577 g/mol. The Morgan fingerprint density at radius 2 is 1.76 bits per heavy atom. The molecular formula is C31H27N7O3S. The Kier molecular flexibility index (Phi) is 7.73. The molecule has 4 N–H and O–H groups in total. The van der Waals surface area contributed by atoms with E-state index in [9.17, 15) is 14.4 Å². The van der Waals surface area contributed by atoms with Crippen LogP contribution >= 0.6 is 11.3 Å². The van der Waals surface area contributed by atoms with Gasteiger partial charge in [0, 0.05) is 55.0 Å². The Balaban J connectivity index is 1.08. The lowest BCUT2D eigenvalue weighted by molar-refractivity contribution is 0.103. The minimum atomic E-state index is -0.571. The van der Waals surface area contributed by atoms with E-state index >= 15 is 0 Å². The van der Waals surface area contributed by atoms with Crippen molar-refractivity contribution < 1.29 is 4.79 Å². The lowest BCUT2D eigenvalue weighted by Gasteiger charge is -2.16. The van der Waals surface area contributed by atoms with Crippen molar-refractivity contribution in [2.45, 2.75) is 19.5 Å². The van der Waals surface area contributed by atoms with Gasteiger partial charge >= 0.3 is 0 Å². The number of carbonyl (C=O) groups is 1. The fraction of sp³-hybridized carbons (Fsp3) is 0.129. The summed E-state index contributed by atoms with van der Waals surface area (Å²) in [6.07, 6.45) is 7.86. The maximum absolute atomic E-state index is 13.2. The minimum Gasteiger partial charge on any atom is -0.380 e. The third kappa shape index (κ3) is 5.77. The van der Waals surface area contributed by atoms with Crippen molar-refractivity contribution in [1.82, 2.24) is 14.5 Å². The Labute approximate surface area is 244 Å². The minimum absolute atomic E-state index is 0.222. The summed E-state index contributed by atoms with van der Waals surface area (Å²) in [5, 5.41) is 15.4. The zero-order chi connectivity index (χ0) is 28.9. The molecular weight excluding hydrogens is 550 g/mol. The average molecular weight is 578 g/mol. The van der Waals surface area contributed by atoms with Crippen molar-refractivity contribution in [3.8, 4) is 0 Å². The number of aryl methyl sites for hydroxylation is 1. The largest absolute Gasteiger partial charge is 0.380 e. The second-order valence-electron chi connectivity index (χ2n) is 9.65. The number of thiophene rings is 1. The van der Waals surface area contributed by atoms with Crippen molar-refractivity contribution in [2.75, 3.05) is 27.8 Å². The molecule has 11 heteroatoms. The van der Waals surface area contributed by atoms with E-state index in [0.717, 1.165) is 35.1 Å². The summed E-state index contributed by atoms with van der Waals surface area (Å²) in [6.45, 7) is 1.82. The van der Waals surface area contributed by atoms with Gasteiger partial charge in [0.15, 0.2) is 0 Å². The zero-order valence-corrected chi connectivity index (χ0v) is 23.3. The van der Waals surface area contributed by atoms with E-state index < -0.39 is 10.9 Å². The first-order chi connectivity index (χ1) is 20.6. The SMILES string of the molecule is O=C(Nc1cccc(Nc2c(NCCCn3ccnc3)c(=O)c2=O)c1)c1sccc1NCc1ccnc2ccccc12. The molecule has 3 aromatic heterocycles. The van der Waals surface area contributed by atoms with Crippen LogP contribution in [0.3, 0.4) is 0 Å². The molecule has 0 spiro atoms. The van der Waals surface area contributed by atoms with E-state index in [0.29, 0.717) is 29.3 Å². The van der Waals surface area contributed by atoms with E-state index in [4.69, 9.17) is 0 Å². The van der Waals surface area contributed by atoms with Crippen LogP contribution in [0, 0.1) is 0 Å². The Morgan fingerprint density at radius 1 is 0.905 bits per heavy atom. The third-order valence-electron chi connectivity index (χ3n) is 6.83. The lowest BCUT2D eigenvalue weighted by atomic mass is 10.1. The molecule has 0 aliphatic rings. The number of amides is 1. The molecule has 0 fully saturated rings. The molecule has 6 rings (SSSR count). The quantitative estimate of drug-likeness (QED) is 0.115. The normalized spacial score (nSPS) is 11.0. The fourth-order valence-corrected chi connectivity index (χ4v) is 5.47. The van der Waals surface area contributed by atoms with Crippen LogP contribution < -0.4 is 32.1 Å². The van der Waals surface area contributed by atoms with Crippen molar-refractivity contribution in [3.05, 3.63) is 122 Å². The number of rotatable bonds is 12. The second-order valence-corrected chi connectivity index (χ2v) is 10.6. The van der Waals surface area contributed by atoms with Crippen molar-refractivity contribution in [2.24, 2.45) is 0 Å². The molecule has 6 aromatic rings. The van der Waals surface area contributed by atoms with E-state index in [-0.39, 0.29) is 17.3 Å². The molecule has 10 nitrogen and oxygen atoms in total. The highest BCUT2D eigenvalue weighted by molar-refractivity contribution is 7.12. The molecule has 0 saturated heterocycles. The predicted molar refractivity (Wildman–Crippen MR) is 168 cm³/mol. The number of carbonyl (C=O) groups excluding carboxylic acids is 1. The number of benzene rings is 2. The number of hydrogen-bond acceptors (Lipinski definition) is 9. The van der Waals surface area contributed by atoms with Gasteiger partial charge in [-0.25, -0.2) is 4.98 Å². The summed E-state index contributed by atoms with van der Waals surface area (Å²) >= 11 is 1.35. The maximum atomic E-state index is 13.2. The number of para-hydroxylation sites is 1. The van der Waals surface area contributed by atoms with Gasteiger partial charge < -0.3 is 25.8 Å². The number of nitrogens with one attached hydrogen (secondary N) is 4. The molecule has 42 heavy (non-hydrogen) atoms. The van der Waals surface area contributed by atoms with E-state index in [1.54, 1.807) is 43.0 Å². The topological polar surface area (TPSA) is 130 Å². The molecule has 210 valence electrons. The number of pyridine rings is 1. The summed E-state index contributed by atoms with van der Waals surface area (Å²) in [6, 6.07) is 18.8. The summed E-state index contributed by atoms with van der Waals surface area (Å²) in [5.74, 6) is -0.251. The van der Waals surface area contributed by atoms with Crippen molar-refractivity contribution in [3.63, 3.8) is 0 Å². The number of nitrogens with zero attached hydrogens (tertiary/aromatic N) is 3. The Bertz CT molecular complexity index is 1920. The van der Waals surface area contributed by atoms with Crippen LogP contribution in [0.5, 0.6) is 0 Å². The second kappa shape index (κ2) is 12.1. The average Bonchev–Trinajstić information content (AvgIpc) is 3.72. The fourth-order valence-electron chi connectivity index (χ4n) is 4.70. The number of imidazole rings is 1. The van der Waals surface area contributed by atoms with Crippen LogP contribution in [0.1, 0.15) is 21.7 Å². The van der Waals surface area contributed by atoms with Crippen molar-refractivity contribution >= 4 is 56.6 Å². The van der Waals surface area contributed by atoms with E-state index in [2.05, 4.69) is 31.2 Å². The predicted octanol–water partition coefficient (Wildman–Crippen LogP) is 5.20. The molecule has 3 heterocycles. The molecule has 0 aliphatic carbocycles. The maximum Gasteiger partial charge on any atom is 0.267 e. The highest BCUT2D eigenvalue weighted by atomic mass is 32.1. The van der Waals surface area contributed by atoms with Gasteiger partial charge in [0.05, 0.1) is 17.5 Å². The van der Waals surface area contributed by atoms with Crippen LogP contribution in [0.2, 0.25) is 0 Å². The molecule has 0 saturated carbocycles. The lowest BCUT2D eigenvalue weighted by Crippen LogP contribution is -2.36. The Hall–Kier alpha value is -5.29. The molecule has 0 unspecified atom stereocenters. The highest BCUT2D eigenvalue weighted by Gasteiger charge is 2.21. The Morgan fingerprint density at radius 3 is 2.64 bits per heavy atom. The van der Waals surface area contributed by atoms with Crippen LogP contribution in [0.15, 0.2) is 101 Å². The summed E-state index contributed by atoms with van der Waals surface area (Å²) < 4.78 is 1.95. The van der Waals surface area contributed by atoms with Crippen LogP contribution in [-0.2, 0) is 13.1 Å². The molecule has 0 atom stereocenters. The smallest absolute Gasteiger partial charge is 0.267 e. The zero-order valence-electron chi connectivity index (χ0n) is 22.5. The molecule has 0 radical (unpaired) electrons. The number of anilines is 5. The molecule has 3 aromatic carbocycles. The van der Waals surface area contributed by atoms with Gasteiger partial charge in [-0.15, -0.1) is 11.3 Å². The first kappa shape index (κ1) is 26.9. The van der Waals surface area contributed by atoms with Crippen molar-refractivity contribution in [1.29, 1.82) is 0 Å². The number of hydrogen-bond donors (Lipinski definition) is 4. The van der Waals surface area contributed by atoms with E-state index in [1.165, 1.54) is 11.3 Å². The number of aromatic nitrogens is 3. The van der Waals surface area contributed by atoms with Gasteiger partial charge in [-0.2, -0.15) is 0 Å². The third-order valence-corrected chi connectivity index (χ3v) is 7.75.